The van der Waals surface area contributed by atoms with E-state index >= 15 is 0 Å². The molecule has 0 bridgehead atoms. The van der Waals surface area contributed by atoms with Crippen molar-refractivity contribution in [3.8, 4) is 11.5 Å². The molecule has 1 amide bonds. The van der Waals surface area contributed by atoms with Gasteiger partial charge in [-0.15, -0.1) is 11.3 Å². The standard InChI is InChI=1S/C14H13IN2O3S/c1-2-20-11-7-9(6-10(15)13(11)18)8-16-17-14(19)12-4-3-5-21-12/h3-8,18H,2H2,1H3,(H,17,19)/b16-8-. The van der Waals surface area contributed by atoms with Crippen LogP contribution in [0.3, 0.4) is 0 Å². The lowest BCUT2D eigenvalue weighted by atomic mass is 10.2. The Morgan fingerprint density at radius 1 is 1.57 bits per heavy atom. The first-order valence-corrected chi connectivity index (χ1v) is 8.10. The van der Waals surface area contributed by atoms with E-state index in [1.165, 1.54) is 17.6 Å². The predicted molar refractivity (Wildman–Crippen MR) is 91.4 cm³/mol. The molecule has 5 nitrogen and oxygen atoms in total. The number of ether oxygens (including phenoxy) is 1. The molecule has 0 radical (unpaired) electrons. The van der Waals surface area contributed by atoms with Gasteiger partial charge in [-0.05, 0) is 58.7 Å². The van der Waals surface area contributed by atoms with Crippen LogP contribution in [0.15, 0.2) is 34.7 Å². The topological polar surface area (TPSA) is 70.9 Å². The molecule has 0 saturated carbocycles. The van der Waals surface area contributed by atoms with Crippen molar-refractivity contribution < 1.29 is 14.6 Å². The molecule has 0 unspecified atom stereocenters. The largest absolute Gasteiger partial charge is 0.504 e. The van der Waals surface area contributed by atoms with Gasteiger partial charge in [-0.3, -0.25) is 4.79 Å². The molecule has 2 aromatic rings. The Balaban J connectivity index is 2.08. The van der Waals surface area contributed by atoms with E-state index in [1.54, 1.807) is 24.3 Å². The third kappa shape index (κ3) is 4.18. The Hall–Kier alpha value is -1.61. The van der Waals surface area contributed by atoms with E-state index in [0.29, 0.717) is 20.8 Å². The molecule has 7 heteroatoms. The first-order chi connectivity index (χ1) is 10.1. The number of benzene rings is 1. The Morgan fingerprint density at radius 2 is 2.38 bits per heavy atom. The minimum atomic E-state index is -0.250. The SMILES string of the molecule is CCOc1cc(/C=N\NC(=O)c2cccs2)cc(I)c1O. The van der Waals surface area contributed by atoms with Crippen LogP contribution in [0.25, 0.3) is 0 Å². The maximum atomic E-state index is 11.7. The monoisotopic (exact) mass is 416 g/mol. The zero-order valence-electron chi connectivity index (χ0n) is 11.2. The summed E-state index contributed by atoms with van der Waals surface area (Å²) in [5.74, 6) is 0.257. The number of aromatic hydroxyl groups is 1. The third-order valence-electron chi connectivity index (χ3n) is 2.48. The number of amides is 1. The van der Waals surface area contributed by atoms with E-state index in [2.05, 4.69) is 10.5 Å². The fraction of sp³-hybridized carbons (Fsp3) is 0.143. The molecule has 0 fully saturated rings. The fourth-order valence-corrected chi connectivity index (χ4v) is 2.80. The van der Waals surface area contributed by atoms with Crippen molar-refractivity contribution >= 4 is 46.0 Å². The van der Waals surface area contributed by atoms with Crippen LogP contribution in [0.2, 0.25) is 0 Å². The van der Waals surface area contributed by atoms with Crippen molar-refractivity contribution in [3.63, 3.8) is 0 Å². The zero-order chi connectivity index (χ0) is 15.2. The molecule has 110 valence electrons. The number of nitrogens with one attached hydrogen (secondary N) is 1. The highest BCUT2D eigenvalue weighted by Crippen LogP contribution is 2.32. The summed E-state index contributed by atoms with van der Waals surface area (Å²) in [4.78, 5) is 12.3. The van der Waals surface area contributed by atoms with Crippen LogP contribution in [-0.4, -0.2) is 23.8 Å². The number of phenols is 1. The Labute approximate surface area is 139 Å². The van der Waals surface area contributed by atoms with Crippen molar-refractivity contribution in [2.45, 2.75) is 6.92 Å². The molecular formula is C14H13IN2O3S. The number of carbonyl (C=O) groups excluding carboxylic acids is 1. The first kappa shape index (κ1) is 15.8. The number of hydrogen-bond acceptors (Lipinski definition) is 5. The number of rotatable bonds is 5. The average molecular weight is 416 g/mol. The van der Waals surface area contributed by atoms with Crippen molar-refractivity contribution in [2.24, 2.45) is 5.10 Å². The summed E-state index contributed by atoms with van der Waals surface area (Å²) in [6.07, 6.45) is 1.51. The molecule has 2 rings (SSSR count). The van der Waals surface area contributed by atoms with E-state index in [4.69, 9.17) is 4.74 Å². The molecule has 0 saturated heterocycles. The van der Waals surface area contributed by atoms with Gasteiger partial charge in [0.15, 0.2) is 11.5 Å². The van der Waals surface area contributed by atoms with E-state index in [1.807, 2.05) is 34.9 Å². The summed E-state index contributed by atoms with van der Waals surface area (Å²) in [7, 11) is 0. The molecule has 21 heavy (non-hydrogen) atoms. The fourth-order valence-electron chi connectivity index (χ4n) is 1.56. The number of halogens is 1. The molecule has 0 aliphatic rings. The number of carbonyl (C=O) groups is 1. The second kappa shape index (κ2) is 7.41. The highest BCUT2D eigenvalue weighted by Gasteiger charge is 2.08. The smallest absolute Gasteiger partial charge is 0.281 e. The Kier molecular flexibility index (Phi) is 5.57. The lowest BCUT2D eigenvalue weighted by molar-refractivity contribution is 0.0959. The third-order valence-corrected chi connectivity index (χ3v) is 4.17. The molecule has 0 aliphatic carbocycles. The minimum Gasteiger partial charge on any atom is -0.504 e. The first-order valence-electron chi connectivity index (χ1n) is 6.14. The van der Waals surface area contributed by atoms with E-state index in [9.17, 15) is 9.90 Å². The number of hydrogen-bond donors (Lipinski definition) is 2. The summed E-state index contributed by atoms with van der Waals surface area (Å²) < 4.78 is 6.00. The molecular weight excluding hydrogens is 403 g/mol. The van der Waals surface area contributed by atoms with E-state index < -0.39 is 0 Å². The van der Waals surface area contributed by atoms with Gasteiger partial charge in [0.1, 0.15) is 0 Å². The molecule has 1 heterocycles. The average Bonchev–Trinajstić information content (AvgIpc) is 2.98. The Morgan fingerprint density at radius 3 is 3.05 bits per heavy atom. The van der Waals surface area contributed by atoms with Gasteiger partial charge in [-0.25, -0.2) is 5.43 Å². The van der Waals surface area contributed by atoms with Gasteiger partial charge in [0.2, 0.25) is 0 Å². The van der Waals surface area contributed by atoms with Gasteiger partial charge in [-0.1, -0.05) is 6.07 Å². The van der Waals surface area contributed by atoms with Crippen LogP contribution in [-0.2, 0) is 0 Å². The highest BCUT2D eigenvalue weighted by atomic mass is 127. The van der Waals surface area contributed by atoms with E-state index in [0.717, 1.165) is 5.56 Å². The van der Waals surface area contributed by atoms with Gasteiger partial charge in [-0.2, -0.15) is 5.10 Å². The van der Waals surface area contributed by atoms with Gasteiger partial charge in [0.05, 0.1) is 21.3 Å². The highest BCUT2D eigenvalue weighted by molar-refractivity contribution is 14.1. The molecule has 0 atom stereocenters. The van der Waals surface area contributed by atoms with Crippen LogP contribution in [0, 0.1) is 3.57 Å². The summed E-state index contributed by atoms with van der Waals surface area (Å²) in [6, 6.07) is 6.95. The molecule has 1 aromatic heterocycles. The van der Waals surface area contributed by atoms with Crippen LogP contribution < -0.4 is 10.2 Å². The zero-order valence-corrected chi connectivity index (χ0v) is 14.1. The molecule has 0 spiro atoms. The Bertz CT molecular complexity index is 656. The maximum Gasteiger partial charge on any atom is 0.281 e. The lowest BCUT2D eigenvalue weighted by Crippen LogP contribution is -2.16. The van der Waals surface area contributed by atoms with Crippen molar-refractivity contribution in [3.05, 3.63) is 43.7 Å². The van der Waals surface area contributed by atoms with Gasteiger partial charge in [0.25, 0.3) is 5.91 Å². The van der Waals surface area contributed by atoms with Crippen molar-refractivity contribution in [1.29, 1.82) is 0 Å². The van der Waals surface area contributed by atoms with Gasteiger partial charge in [0, 0.05) is 0 Å². The molecule has 1 aromatic carbocycles. The summed E-state index contributed by atoms with van der Waals surface area (Å²) in [5.41, 5.74) is 3.18. The minimum absolute atomic E-state index is 0.109. The second-order valence-electron chi connectivity index (χ2n) is 3.96. The second-order valence-corrected chi connectivity index (χ2v) is 6.07. The normalized spacial score (nSPS) is 10.8. The van der Waals surface area contributed by atoms with Crippen LogP contribution >= 0.6 is 33.9 Å². The number of hydrazone groups is 1. The van der Waals surface area contributed by atoms with Crippen molar-refractivity contribution in [2.75, 3.05) is 6.61 Å². The molecule has 0 aliphatic heterocycles. The summed E-state index contributed by atoms with van der Waals surface area (Å²) in [6.45, 7) is 2.30. The maximum absolute atomic E-state index is 11.7. The van der Waals surface area contributed by atoms with Gasteiger partial charge < -0.3 is 9.84 Å². The lowest BCUT2D eigenvalue weighted by Gasteiger charge is -2.08. The summed E-state index contributed by atoms with van der Waals surface area (Å²) in [5, 5.41) is 15.6. The number of phenolic OH excluding ortho intramolecular Hbond substituents is 1. The quantitative estimate of drug-likeness (QED) is 0.447. The van der Waals surface area contributed by atoms with E-state index in [-0.39, 0.29) is 11.7 Å². The number of thiophene rings is 1. The van der Waals surface area contributed by atoms with Crippen LogP contribution in [0.5, 0.6) is 11.5 Å². The summed E-state index contributed by atoms with van der Waals surface area (Å²) >= 11 is 3.36. The van der Waals surface area contributed by atoms with Crippen LogP contribution in [0.4, 0.5) is 0 Å². The van der Waals surface area contributed by atoms with Gasteiger partial charge >= 0.3 is 0 Å². The van der Waals surface area contributed by atoms with Crippen molar-refractivity contribution in [1.82, 2.24) is 5.43 Å². The molecule has 2 N–H and O–H groups in total. The number of nitrogens with zero attached hydrogens (tertiary/aromatic N) is 1. The predicted octanol–water partition coefficient (Wildman–Crippen LogP) is 3.22. The van der Waals surface area contributed by atoms with Crippen LogP contribution in [0.1, 0.15) is 22.2 Å².